The molecule has 1 aromatic heterocycles. The molecule has 0 unspecified atom stereocenters. The Kier molecular flexibility index (Phi) is 4.85. The number of amides is 3. The molecule has 1 N–H and O–H groups in total. The minimum absolute atomic E-state index is 0.249. The third kappa shape index (κ3) is 3.26. The van der Waals surface area contributed by atoms with Crippen molar-refractivity contribution in [1.82, 2.24) is 9.88 Å². The monoisotopic (exact) mass is 395 g/mol. The molecule has 144 valence electrons. The Balaban J connectivity index is 1.46. The van der Waals surface area contributed by atoms with Gasteiger partial charge >= 0.3 is 0 Å². The van der Waals surface area contributed by atoms with E-state index in [0.717, 1.165) is 21.7 Å². The van der Waals surface area contributed by atoms with E-state index in [1.54, 1.807) is 6.92 Å². The highest BCUT2D eigenvalue weighted by Crippen LogP contribution is 2.36. The molecule has 0 spiro atoms. The Morgan fingerprint density at radius 2 is 1.75 bits per heavy atom. The van der Waals surface area contributed by atoms with Crippen molar-refractivity contribution in [2.45, 2.75) is 32.7 Å². The molecule has 0 saturated carbocycles. The van der Waals surface area contributed by atoms with Gasteiger partial charge in [-0.1, -0.05) is 42.0 Å². The van der Waals surface area contributed by atoms with E-state index >= 15 is 0 Å². The summed E-state index contributed by atoms with van der Waals surface area (Å²) in [5.74, 6) is -1.57. The molecule has 3 atom stereocenters. The summed E-state index contributed by atoms with van der Waals surface area (Å²) in [6.45, 7) is 3.61. The number of carbonyl (C=O) groups is 3. The number of carbonyl (C=O) groups excluding carboxylic acids is 3. The van der Waals surface area contributed by atoms with Crippen LogP contribution in [0, 0.1) is 18.8 Å². The molecule has 2 aromatic rings. The van der Waals surface area contributed by atoms with E-state index in [9.17, 15) is 14.4 Å². The maximum absolute atomic E-state index is 12.7. The second kappa shape index (κ2) is 7.31. The van der Waals surface area contributed by atoms with Crippen molar-refractivity contribution in [3.05, 3.63) is 47.4 Å². The van der Waals surface area contributed by atoms with E-state index in [2.05, 4.69) is 10.3 Å². The second-order valence-electron chi connectivity index (χ2n) is 7.27. The predicted molar refractivity (Wildman–Crippen MR) is 108 cm³/mol. The number of anilines is 1. The molecule has 1 fully saturated rings. The Labute approximate surface area is 167 Å². The molecule has 2 aliphatic rings. The highest BCUT2D eigenvalue weighted by molar-refractivity contribution is 7.14. The molecular formula is C21H21N3O3S. The summed E-state index contributed by atoms with van der Waals surface area (Å²) in [7, 11) is 0. The topological polar surface area (TPSA) is 79.4 Å². The molecule has 1 saturated heterocycles. The van der Waals surface area contributed by atoms with Gasteiger partial charge in [0.25, 0.3) is 0 Å². The lowest BCUT2D eigenvalue weighted by Crippen LogP contribution is -2.46. The van der Waals surface area contributed by atoms with Crippen molar-refractivity contribution in [2.75, 3.05) is 5.32 Å². The summed E-state index contributed by atoms with van der Waals surface area (Å²) in [5, 5.41) is 5.07. The quantitative estimate of drug-likeness (QED) is 0.636. The first-order chi connectivity index (χ1) is 13.5. The van der Waals surface area contributed by atoms with E-state index in [1.165, 1.54) is 11.3 Å². The number of nitrogens with zero attached hydrogens (tertiary/aromatic N) is 2. The average molecular weight is 395 g/mol. The van der Waals surface area contributed by atoms with Crippen LogP contribution in [0.3, 0.4) is 0 Å². The fraction of sp³-hybridized carbons (Fsp3) is 0.333. The van der Waals surface area contributed by atoms with E-state index in [0.29, 0.717) is 18.0 Å². The van der Waals surface area contributed by atoms with Gasteiger partial charge in [-0.25, -0.2) is 4.98 Å². The summed E-state index contributed by atoms with van der Waals surface area (Å²) in [6, 6.07) is 7.12. The van der Waals surface area contributed by atoms with Gasteiger partial charge in [-0.15, -0.1) is 11.3 Å². The number of allylic oxidation sites excluding steroid dienone is 2. The van der Waals surface area contributed by atoms with Crippen molar-refractivity contribution in [2.24, 2.45) is 11.8 Å². The van der Waals surface area contributed by atoms with Crippen molar-refractivity contribution in [3.63, 3.8) is 0 Å². The highest BCUT2D eigenvalue weighted by atomic mass is 32.1. The number of benzene rings is 1. The number of imide groups is 1. The number of aryl methyl sites for hydroxylation is 1. The summed E-state index contributed by atoms with van der Waals surface area (Å²) in [6.07, 6.45) is 4.99. The fourth-order valence-corrected chi connectivity index (χ4v) is 4.45. The van der Waals surface area contributed by atoms with Crippen LogP contribution < -0.4 is 5.32 Å². The molecule has 0 radical (unpaired) electrons. The van der Waals surface area contributed by atoms with E-state index in [-0.39, 0.29) is 23.7 Å². The lowest BCUT2D eigenvalue weighted by molar-refractivity contribution is -0.146. The number of likely N-dealkylation sites (tertiary alicyclic amines) is 1. The van der Waals surface area contributed by atoms with Gasteiger partial charge in [0.05, 0.1) is 17.5 Å². The lowest BCUT2D eigenvalue weighted by atomic mass is 9.85. The minimum Gasteiger partial charge on any atom is -0.300 e. The summed E-state index contributed by atoms with van der Waals surface area (Å²) in [5.41, 5.74) is 2.91. The third-order valence-corrected chi connectivity index (χ3v) is 6.15. The first kappa shape index (κ1) is 18.6. The number of thiazole rings is 1. The van der Waals surface area contributed by atoms with E-state index in [4.69, 9.17) is 0 Å². The van der Waals surface area contributed by atoms with E-state index < -0.39 is 11.9 Å². The number of rotatable bonds is 4. The zero-order valence-corrected chi connectivity index (χ0v) is 16.5. The van der Waals surface area contributed by atoms with Crippen LogP contribution in [0.4, 0.5) is 5.13 Å². The normalized spacial score (nSPS) is 22.3. The number of nitrogens with one attached hydrogen (secondary N) is 1. The Hall–Kier alpha value is -2.80. The molecule has 2 heterocycles. The summed E-state index contributed by atoms with van der Waals surface area (Å²) in [4.78, 5) is 43.6. The van der Waals surface area contributed by atoms with Crippen LogP contribution in [-0.2, 0) is 14.4 Å². The van der Waals surface area contributed by atoms with Gasteiger partial charge in [-0.3, -0.25) is 19.3 Å². The zero-order chi connectivity index (χ0) is 19.8. The van der Waals surface area contributed by atoms with Gasteiger partial charge in [0, 0.05) is 10.9 Å². The Morgan fingerprint density at radius 1 is 1.14 bits per heavy atom. The van der Waals surface area contributed by atoms with Gasteiger partial charge in [0.15, 0.2) is 5.13 Å². The molecule has 1 aromatic carbocycles. The maximum atomic E-state index is 12.7. The minimum atomic E-state index is -0.864. The van der Waals surface area contributed by atoms with Gasteiger partial charge in [-0.05, 0) is 26.7 Å². The van der Waals surface area contributed by atoms with Gasteiger partial charge in [0.2, 0.25) is 17.7 Å². The van der Waals surface area contributed by atoms with E-state index in [1.807, 2.05) is 48.7 Å². The van der Waals surface area contributed by atoms with Crippen LogP contribution >= 0.6 is 11.3 Å². The molecular weight excluding hydrogens is 374 g/mol. The number of fused-ring (bicyclic) bond motifs is 1. The van der Waals surface area contributed by atoms with Crippen molar-refractivity contribution in [3.8, 4) is 11.3 Å². The van der Waals surface area contributed by atoms with Crippen molar-refractivity contribution >= 4 is 34.2 Å². The second-order valence-corrected chi connectivity index (χ2v) is 8.13. The molecule has 4 rings (SSSR count). The first-order valence-electron chi connectivity index (χ1n) is 9.31. The largest absolute Gasteiger partial charge is 0.300 e. The van der Waals surface area contributed by atoms with Crippen LogP contribution in [0.15, 0.2) is 41.8 Å². The van der Waals surface area contributed by atoms with Crippen LogP contribution in [0.25, 0.3) is 11.3 Å². The van der Waals surface area contributed by atoms with Crippen LogP contribution in [0.5, 0.6) is 0 Å². The van der Waals surface area contributed by atoms with Gasteiger partial charge in [-0.2, -0.15) is 0 Å². The SMILES string of the molecule is Cc1ccc(-c2csc(NC(=O)[C@H](C)N3C(=O)[C@H]4CC=CC[C@H]4C3=O)n2)cc1. The standard InChI is InChI=1S/C21H21N3O3S/c1-12-7-9-14(10-8-12)17-11-28-21(22-17)23-18(25)13(2)24-19(26)15-5-3-4-6-16(15)20(24)27/h3-4,7-11,13,15-16H,5-6H2,1-2H3,(H,22,23,25)/t13-,15-,16+/m0/s1. The van der Waals surface area contributed by atoms with Crippen molar-refractivity contribution < 1.29 is 14.4 Å². The fourth-order valence-electron chi connectivity index (χ4n) is 3.72. The third-order valence-electron chi connectivity index (χ3n) is 5.39. The number of aromatic nitrogens is 1. The summed E-state index contributed by atoms with van der Waals surface area (Å²) >= 11 is 1.32. The smallest absolute Gasteiger partial charge is 0.249 e. The predicted octanol–water partition coefficient (Wildman–Crippen LogP) is 3.40. The molecule has 0 bridgehead atoms. The number of hydrogen-bond donors (Lipinski definition) is 1. The average Bonchev–Trinajstić information content (AvgIpc) is 3.25. The van der Waals surface area contributed by atoms with Gasteiger partial charge in [0.1, 0.15) is 6.04 Å². The first-order valence-corrected chi connectivity index (χ1v) is 10.2. The number of hydrogen-bond acceptors (Lipinski definition) is 5. The van der Waals surface area contributed by atoms with Crippen LogP contribution in [-0.4, -0.2) is 33.6 Å². The summed E-state index contributed by atoms with van der Waals surface area (Å²) < 4.78 is 0. The van der Waals surface area contributed by atoms with Gasteiger partial charge < -0.3 is 5.32 Å². The lowest BCUT2D eigenvalue weighted by Gasteiger charge is -2.21. The van der Waals surface area contributed by atoms with Crippen LogP contribution in [0.1, 0.15) is 25.3 Å². The molecule has 3 amide bonds. The Morgan fingerprint density at radius 3 is 2.36 bits per heavy atom. The molecule has 7 heteroatoms. The maximum Gasteiger partial charge on any atom is 0.249 e. The molecule has 1 aliphatic heterocycles. The zero-order valence-electron chi connectivity index (χ0n) is 15.7. The van der Waals surface area contributed by atoms with Crippen LogP contribution in [0.2, 0.25) is 0 Å². The highest BCUT2D eigenvalue weighted by Gasteiger charge is 2.50. The Bertz CT molecular complexity index is 938. The van der Waals surface area contributed by atoms with Crippen molar-refractivity contribution in [1.29, 1.82) is 0 Å². The molecule has 1 aliphatic carbocycles. The molecule has 6 nitrogen and oxygen atoms in total. The molecule has 28 heavy (non-hydrogen) atoms.